The highest BCUT2D eigenvalue weighted by atomic mass is 16.5. The molecule has 0 saturated carbocycles. The molecule has 1 aliphatic rings. The van der Waals surface area contributed by atoms with E-state index >= 15 is 0 Å². The number of benzene rings is 1. The van der Waals surface area contributed by atoms with Crippen LogP contribution in [0.3, 0.4) is 0 Å². The Balaban J connectivity index is 2.00. The van der Waals surface area contributed by atoms with Crippen molar-refractivity contribution in [3.05, 3.63) is 29.8 Å². The van der Waals surface area contributed by atoms with E-state index in [4.69, 9.17) is 9.47 Å². The Bertz CT molecular complexity index is 277. The van der Waals surface area contributed by atoms with Gasteiger partial charge >= 0.3 is 0 Å². The monoisotopic (exact) mass is 178 g/mol. The summed E-state index contributed by atoms with van der Waals surface area (Å²) in [5.41, 5.74) is 1.23. The first-order valence-corrected chi connectivity index (χ1v) is 4.66. The summed E-state index contributed by atoms with van der Waals surface area (Å²) in [6, 6.07) is 8.13. The molecule has 0 bridgehead atoms. The summed E-state index contributed by atoms with van der Waals surface area (Å²) in [5.74, 6) is 0.954. The fourth-order valence-electron chi connectivity index (χ4n) is 1.49. The molecule has 1 fully saturated rings. The van der Waals surface area contributed by atoms with E-state index in [1.807, 2.05) is 12.1 Å². The zero-order valence-corrected chi connectivity index (χ0v) is 7.82. The molecule has 1 atom stereocenters. The molecular formula is C11H14O2. The molecule has 1 saturated heterocycles. The molecule has 2 nitrogen and oxygen atoms in total. The Hall–Kier alpha value is -1.02. The van der Waals surface area contributed by atoms with E-state index in [9.17, 15) is 0 Å². The molecule has 2 rings (SSSR count). The summed E-state index contributed by atoms with van der Waals surface area (Å²) in [6.45, 7) is 3.63. The largest absolute Gasteiger partial charge is 0.488 e. The lowest BCUT2D eigenvalue weighted by Crippen LogP contribution is -2.15. The van der Waals surface area contributed by atoms with Crippen molar-refractivity contribution in [3.8, 4) is 5.75 Å². The van der Waals surface area contributed by atoms with Crippen molar-refractivity contribution in [1.82, 2.24) is 0 Å². The topological polar surface area (TPSA) is 18.5 Å². The highest BCUT2D eigenvalue weighted by Gasteiger charge is 2.16. The molecule has 0 amide bonds. The lowest BCUT2D eigenvalue weighted by atomic mass is 10.2. The summed E-state index contributed by atoms with van der Waals surface area (Å²) >= 11 is 0. The SMILES string of the molecule is Cc1cccc(OC2CCOC2)c1. The quantitative estimate of drug-likeness (QED) is 0.691. The lowest BCUT2D eigenvalue weighted by molar-refractivity contribution is 0.141. The van der Waals surface area contributed by atoms with E-state index in [-0.39, 0.29) is 6.10 Å². The highest BCUT2D eigenvalue weighted by molar-refractivity contribution is 5.27. The Kier molecular flexibility index (Phi) is 2.50. The lowest BCUT2D eigenvalue weighted by Gasteiger charge is -2.11. The Labute approximate surface area is 78.5 Å². The van der Waals surface area contributed by atoms with Crippen LogP contribution in [0.4, 0.5) is 0 Å². The number of hydrogen-bond donors (Lipinski definition) is 0. The van der Waals surface area contributed by atoms with Gasteiger partial charge in [0, 0.05) is 6.42 Å². The summed E-state index contributed by atoms with van der Waals surface area (Å²) in [5, 5.41) is 0. The van der Waals surface area contributed by atoms with Crippen LogP contribution in [0.15, 0.2) is 24.3 Å². The van der Waals surface area contributed by atoms with Gasteiger partial charge in [0.15, 0.2) is 0 Å². The van der Waals surface area contributed by atoms with Gasteiger partial charge in [-0.2, -0.15) is 0 Å². The first-order chi connectivity index (χ1) is 6.34. The number of hydrogen-bond acceptors (Lipinski definition) is 2. The van der Waals surface area contributed by atoms with Crippen molar-refractivity contribution >= 4 is 0 Å². The van der Waals surface area contributed by atoms with Gasteiger partial charge in [0.2, 0.25) is 0 Å². The maximum atomic E-state index is 5.73. The van der Waals surface area contributed by atoms with E-state index in [0.717, 1.165) is 25.4 Å². The van der Waals surface area contributed by atoms with Crippen LogP contribution >= 0.6 is 0 Å². The molecule has 0 N–H and O–H groups in total. The van der Waals surface area contributed by atoms with Crippen LogP contribution in [0.5, 0.6) is 5.75 Å². The summed E-state index contributed by atoms with van der Waals surface area (Å²) in [6.07, 6.45) is 1.26. The minimum absolute atomic E-state index is 0.252. The molecule has 2 heteroatoms. The molecular weight excluding hydrogens is 164 g/mol. The average Bonchev–Trinajstić information content (AvgIpc) is 2.57. The van der Waals surface area contributed by atoms with Crippen molar-refractivity contribution < 1.29 is 9.47 Å². The molecule has 1 aromatic carbocycles. The number of aryl methyl sites for hydroxylation is 1. The fraction of sp³-hybridized carbons (Fsp3) is 0.455. The maximum Gasteiger partial charge on any atom is 0.124 e. The van der Waals surface area contributed by atoms with Gasteiger partial charge in [-0.25, -0.2) is 0 Å². The average molecular weight is 178 g/mol. The molecule has 1 aliphatic heterocycles. The highest BCUT2D eigenvalue weighted by Crippen LogP contribution is 2.17. The second-order valence-electron chi connectivity index (χ2n) is 3.42. The Morgan fingerprint density at radius 2 is 2.38 bits per heavy atom. The summed E-state index contributed by atoms with van der Waals surface area (Å²) in [7, 11) is 0. The second kappa shape index (κ2) is 3.79. The maximum absolute atomic E-state index is 5.73. The van der Waals surface area contributed by atoms with Crippen LogP contribution in [-0.4, -0.2) is 19.3 Å². The molecule has 0 radical (unpaired) electrons. The molecule has 13 heavy (non-hydrogen) atoms. The van der Waals surface area contributed by atoms with Gasteiger partial charge < -0.3 is 9.47 Å². The standard InChI is InChI=1S/C11H14O2/c1-9-3-2-4-10(7-9)13-11-5-6-12-8-11/h2-4,7,11H,5-6,8H2,1H3. The molecule has 0 spiro atoms. The van der Waals surface area contributed by atoms with Crippen molar-refractivity contribution in [2.45, 2.75) is 19.4 Å². The summed E-state index contributed by atoms with van der Waals surface area (Å²) in [4.78, 5) is 0. The molecule has 70 valence electrons. The third kappa shape index (κ3) is 2.22. The van der Waals surface area contributed by atoms with Crippen molar-refractivity contribution in [2.75, 3.05) is 13.2 Å². The van der Waals surface area contributed by atoms with Crippen LogP contribution in [0, 0.1) is 6.92 Å². The molecule has 0 aromatic heterocycles. The van der Waals surface area contributed by atoms with Crippen LogP contribution in [0.1, 0.15) is 12.0 Å². The van der Waals surface area contributed by atoms with Crippen LogP contribution in [0.2, 0.25) is 0 Å². The Morgan fingerprint density at radius 3 is 3.08 bits per heavy atom. The van der Waals surface area contributed by atoms with Crippen LogP contribution < -0.4 is 4.74 Å². The smallest absolute Gasteiger partial charge is 0.124 e. The molecule has 1 heterocycles. The van der Waals surface area contributed by atoms with Gasteiger partial charge in [0.05, 0.1) is 13.2 Å². The third-order valence-electron chi connectivity index (χ3n) is 2.18. The number of rotatable bonds is 2. The second-order valence-corrected chi connectivity index (χ2v) is 3.42. The van der Waals surface area contributed by atoms with E-state index < -0.39 is 0 Å². The first kappa shape index (κ1) is 8.57. The van der Waals surface area contributed by atoms with Gasteiger partial charge in [0.25, 0.3) is 0 Å². The van der Waals surface area contributed by atoms with E-state index in [2.05, 4.69) is 19.1 Å². The van der Waals surface area contributed by atoms with Crippen molar-refractivity contribution in [3.63, 3.8) is 0 Å². The van der Waals surface area contributed by atoms with Gasteiger partial charge in [-0.15, -0.1) is 0 Å². The molecule has 0 aliphatic carbocycles. The zero-order chi connectivity index (χ0) is 9.10. The van der Waals surface area contributed by atoms with E-state index in [1.165, 1.54) is 5.56 Å². The van der Waals surface area contributed by atoms with Gasteiger partial charge in [-0.05, 0) is 24.6 Å². The predicted octanol–water partition coefficient (Wildman–Crippen LogP) is 2.16. The van der Waals surface area contributed by atoms with E-state index in [0.29, 0.717) is 0 Å². The molecule has 1 aromatic rings. The van der Waals surface area contributed by atoms with E-state index in [1.54, 1.807) is 0 Å². The van der Waals surface area contributed by atoms with Crippen molar-refractivity contribution in [2.24, 2.45) is 0 Å². The summed E-state index contributed by atoms with van der Waals surface area (Å²) < 4.78 is 11.0. The fourth-order valence-corrected chi connectivity index (χ4v) is 1.49. The third-order valence-corrected chi connectivity index (χ3v) is 2.18. The minimum atomic E-state index is 0.252. The Morgan fingerprint density at radius 1 is 1.46 bits per heavy atom. The molecule has 1 unspecified atom stereocenters. The zero-order valence-electron chi connectivity index (χ0n) is 7.82. The number of ether oxygens (including phenoxy) is 2. The normalized spacial score (nSPS) is 21.8. The van der Waals surface area contributed by atoms with Gasteiger partial charge in [0.1, 0.15) is 11.9 Å². The predicted molar refractivity (Wildman–Crippen MR) is 51.0 cm³/mol. The van der Waals surface area contributed by atoms with Crippen LogP contribution in [-0.2, 0) is 4.74 Å². The van der Waals surface area contributed by atoms with Gasteiger partial charge in [-0.1, -0.05) is 12.1 Å². The van der Waals surface area contributed by atoms with Gasteiger partial charge in [-0.3, -0.25) is 0 Å². The van der Waals surface area contributed by atoms with Crippen molar-refractivity contribution in [1.29, 1.82) is 0 Å². The van der Waals surface area contributed by atoms with Crippen LogP contribution in [0.25, 0.3) is 0 Å². The first-order valence-electron chi connectivity index (χ1n) is 4.66. The minimum Gasteiger partial charge on any atom is -0.488 e.